The molecule has 3 rings (SSSR count). The highest BCUT2D eigenvalue weighted by atomic mass is 35.5. The summed E-state index contributed by atoms with van der Waals surface area (Å²) in [5.41, 5.74) is 1.93. The molecule has 0 radical (unpaired) electrons. The SMILES string of the molecule is Cc1nc2nc(Cl)nc(-c3ccc(F)c(Cl)c3F)c2nc1C. The highest BCUT2D eigenvalue weighted by molar-refractivity contribution is 6.31. The van der Waals surface area contributed by atoms with Gasteiger partial charge in [-0.2, -0.15) is 4.98 Å². The zero-order valence-corrected chi connectivity index (χ0v) is 13.0. The molecule has 2 heterocycles. The van der Waals surface area contributed by atoms with E-state index in [0.717, 1.165) is 6.07 Å². The minimum absolute atomic E-state index is 0.0155. The molecule has 0 aliphatic rings. The summed E-state index contributed by atoms with van der Waals surface area (Å²) >= 11 is 11.5. The van der Waals surface area contributed by atoms with Gasteiger partial charge in [-0.1, -0.05) is 11.6 Å². The molecular weight excluding hydrogens is 333 g/mol. The maximum absolute atomic E-state index is 14.3. The van der Waals surface area contributed by atoms with Gasteiger partial charge in [-0.05, 0) is 37.6 Å². The van der Waals surface area contributed by atoms with E-state index in [2.05, 4.69) is 19.9 Å². The highest BCUT2D eigenvalue weighted by Crippen LogP contribution is 2.32. The minimum atomic E-state index is -0.933. The Morgan fingerprint density at radius 2 is 1.59 bits per heavy atom. The zero-order valence-electron chi connectivity index (χ0n) is 11.5. The summed E-state index contributed by atoms with van der Waals surface area (Å²) in [6, 6.07) is 2.28. The fourth-order valence-corrected chi connectivity index (χ4v) is 2.31. The number of fused-ring (bicyclic) bond motifs is 1. The summed E-state index contributed by atoms with van der Waals surface area (Å²) in [5, 5.41) is -0.725. The molecule has 0 N–H and O–H groups in total. The van der Waals surface area contributed by atoms with E-state index in [4.69, 9.17) is 23.2 Å². The summed E-state index contributed by atoms with van der Waals surface area (Å²) in [5.74, 6) is -1.79. The van der Waals surface area contributed by atoms with Crippen molar-refractivity contribution in [2.45, 2.75) is 13.8 Å². The molecule has 0 bridgehead atoms. The van der Waals surface area contributed by atoms with Gasteiger partial charge in [-0.15, -0.1) is 0 Å². The summed E-state index contributed by atoms with van der Waals surface area (Å²) in [7, 11) is 0. The first-order chi connectivity index (χ1) is 10.4. The van der Waals surface area contributed by atoms with Crippen LogP contribution < -0.4 is 0 Å². The van der Waals surface area contributed by atoms with Crippen LogP contribution in [0.2, 0.25) is 10.3 Å². The lowest BCUT2D eigenvalue weighted by molar-refractivity contribution is 0.586. The largest absolute Gasteiger partial charge is 0.246 e. The molecule has 0 amide bonds. The predicted octanol–water partition coefficient (Wildman–Crippen LogP) is 4.29. The van der Waals surface area contributed by atoms with Gasteiger partial charge in [0.15, 0.2) is 11.5 Å². The van der Waals surface area contributed by atoms with Crippen LogP contribution in [0.1, 0.15) is 11.4 Å². The lowest BCUT2D eigenvalue weighted by Gasteiger charge is -2.09. The van der Waals surface area contributed by atoms with Crippen molar-refractivity contribution in [1.82, 2.24) is 19.9 Å². The van der Waals surface area contributed by atoms with Crippen LogP contribution in [0.25, 0.3) is 22.4 Å². The standard InChI is InChI=1S/C14H8Cl2F2N4/c1-5-6(2)20-13-12(19-5)11(21-14(16)22-13)7-3-4-8(17)9(15)10(7)18/h3-4H,1-2H3. The van der Waals surface area contributed by atoms with E-state index >= 15 is 0 Å². The highest BCUT2D eigenvalue weighted by Gasteiger charge is 2.19. The van der Waals surface area contributed by atoms with E-state index in [1.165, 1.54) is 6.07 Å². The molecule has 3 aromatic rings. The van der Waals surface area contributed by atoms with Gasteiger partial charge in [0.1, 0.15) is 22.1 Å². The van der Waals surface area contributed by atoms with Crippen molar-refractivity contribution in [2.75, 3.05) is 0 Å². The first kappa shape index (κ1) is 15.0. The van der Waals surface area contributed by atoms with Crippen molar-refractivity contribution in [2.24, 2.45) is 0 Å². The van der Waals surface area contributed by atoms with Crippen LogP contribution in [0.4, 0.5) is 8.78 Å². The number of benzene rings is 1. The van der Waals surface area contributed by atoms with E-state index in [1.54, 1.807) is 13.8 Å². The Balaban J connectivity index is 2.40. The first-order valence-corrected chi connectivity index (χ1v) is 6.96. The van der Waals surface area contributed by atoms with Crippen LogP contribution in [0.3, 0.4) is 0 Å². The van der Waals surface area contributed by atoms with Crippen LogP contribution in [-0.4, -0.2) is 19.9 Å². The Hall–Kier alpha value is -1.92. The van der Waals surface area contributed by atoms with E-state index in [-0.39, 0.29) is 27.7 Å². The molecule has 0 fully saturated rings. The summed E-state index contributed by atoms with van der Waals surface area (Å²) in [4.78, 5) is 16.6. The van der Waals surface area contributed by atoms with Gasteiger partial charge in [0.05, 0.1) is 11.4 Å². The van der Waals surface area contributed by atoms with Crippen molar-refractivity contribution in [3.05, 3.63) is 45.5 Å². The van der Waals surface area contributed by atoms with E-state index in [9.17, 15) is 8.78 Å². The Kier molecular flexibility index (Phi) is 3.66. The van der Waals surface area contributed by atoms with Crippen LogP contribution in [0, 0.1) is 25.5 Å². The van der Waals surface area contributed by atoms with Crippen LogP contribution in [-0.2, 0) is 0 Å². The van der Waals surface area contributed by atoms with Gasteiger partial charge < -0.3 is 0 Å². The molecule has 0 aliphatic heterocycles. The molecule has 0 unspecified atom stereocenters. The van der Waals surface area contributed by atoms with Crippen LogP contribution in [0.15, 0.2) is 12.1 Å². The summed E-state index contributed by atoms with van der Waals surface area (Å²) in [6.07, 6.45) is 0. The fraction of sp³-hybridized carbons (Fsp3) is 0.143. The first-order valence-electron chi connectivity index (χ1n) is 6.21. The topological polar surface area (TPSA) is 51.6 Å². The molecule has 112 valence electrons. The van der Waals surface area contributed by atoms with Crippen molar-refractivity contribution >= 4 is 34.4 Å². The fourth-order valence-electron chi connectivity index (χ4n) is 1.98. The average molecular weight is 341 g/mol. The van der Waals surface area contributed by atoms with Crippen LogP contribution >= 0.6 is 23.2 Å². The lowest BCUT2D eigenvalue weighted by atomic mass is 10.1. The van der Waals surface area contributed by atoms with Crippen LogP contribution in [0.5, 0.6) is 0 Å². The molecule has 0 saturated carbocycles. The van der Waals surface area contributed by atoms with E-state index < -0.39 is 16.7 Å². The third kappa shape index (κ3) is 2.38. The summed E-state index contributed by atoms with van der Waals surface area (Å²) < 4.78 is 27.6. The molecule has 4 nitrogen and oxygen atoms in total. The number of halogens is 4. The zero-order chi connectivity index (χ0) is 16.0. The molecule has 0 aliphatic carbocycles. The molecule has 0 atom stereocenters. The number of aryl methyl sites for hydroxylation is 2. The third-order valence-electron chi connectivity index (χ3n) is 3.21. The van der Waals surface area contributed by atoms with E-state index in [1.807, 2.05) is 0 Å². The van der Waals surface area contributed by atoms with Crippen molar-refractivity contribution in [3.8, 4) is 11.3 Å². The third-order valence-corrected chi connectivity index (χ3v) is 3.72. The van der Waals surface area contributed by atoms with Gasteiger partial charge in [0, 0.05) is 5.56 Å². The number of hydrogen-bond donors (Lipinski definition) is 0. The Morgan fingerprint density at radius 1 is 0.909 bits per heavy atom. The van der Waals surface area contributed by atoms with Gasteiger partial charge in [-0.25, -0.2) is 23.7 Å². The quantitative estimate of drug-likeness (QED) is 0.489. The smallest absolute Gasteiger partial charge is 0.225 e. The second-order valence-electron chi connectivity index (χ2n) is 4.63. The van der Waals surface area contributed by atoms with Crippen molar-refractivity contribution in [3.63, 3.8) is 0 Å². The van der Waals surface area contributed by atoms with Gasteiger partial charge in [0.25, 0.3) is 0 Å². The molecule has 22 heavy (non-hydrogen) atoms. The number of aromatic nitrogens is 4. The number of hydrogen-bond acceptors (Lipinski definition) is 4. The molecule has 0 spiro atoms. The van der Waals surface area contributed by atoms with E-state index in [0.29, 0.717) is 11.4 Å². The van der Waals surface area contributed by atoms with Crippen molar-refractivity contribution in [1.29, 1.82) is 0 Å². The summed E-state index contributed by atoms with van der Waals surface area (Å²) in [6.45, 7) is 3.53. The number of rotatable bonds is 1. The maximum Gasteiger partial charge on any atom is 0.225 e. The van der Waals surface area contributed by atoms with Gasteiger partial charge >= 0.3 is 0 Å². The normalized spacial score (nSPS) is 11.2. The second kappa shape index (κ2) is 5.37. The molecular formula is C14H8Cl2F2N4. The molecule has 1 aromatic carbocycles. The molecule has 2 aromatic heterocycles. The average Bonchev–Trinajstić information content (AvgIpc) is 2.46. The van der Waals surface area contributed by atoms with Crippen molar-refractivity contribution < 1.29 is 8.78 Å². The Morgan fingerprint density at radius 3 is 2.32 bits per heavy atom. The molecule has 0 saturated heterocycles. The maximum atomic E-state index is 14.3. The lowest BCUT2D eigenvalue weighted by Crippen LogP contribution is -2.01. The predicted molar refractivity (Wildman–Crippen MR) is 80.0 cm³/mol. The van der Waals surface area contributed by atoms with Gasteiger partial charge in [0.2, 0.25) is 5.28 Å². The number of nitrogens with zero attached hydrogens (tertiary/aromatic N) is 4. The minimum Gasteiger partial charge on any atom is -0.246 e. The molecule has 8 heteroatoms. The van der Waals surface area contributed by atoms with Gasteiger partial charge in [-0.3, -0.25) is 0 Å². The Bertz CT molecular complexity index is 915. The monoisotopic (exact) mass is 340 g/mol. The second-order valence-corrected chi connectivity index (χ2v) is 5.35. The Labute approximate surface area is 134 Å².